The van der Waals surface area contributed by atoms with Gasteiger partial charge in [-0.15, -0.1) is 0 Å². The molecule has 0 bridgehead atoms. The lowest BCUT2D eigenvalue weighted by molar-refractivity contribution is 0.146. The number of aryl methyl sites for hydroxylation is 1. The summed E-state index contributed by atoms with van der Waals surface area (Å²) in [7, 11) is 0. The van der Waals surface area contributed by atoms with Crippen LogP contribution in [0.2, 0.25) is 0 Å². The number of rotatable bonds is 9. The fourth-order valence-electron chi connectivity index (χ4n) is 1.98. The summed E-state index contributed by atoms with van der Waals surface area (Å²) in [5.74, 6) is 0. The van der Waals surface area contributed by atoms with Crippen LogP contribution in [0.4, 0.5) is 5.69 Å². The summed E-state index contributed by atoms with van der Waals surface area (Å²) in [6.45, 7) is 8.59. The second-order valence-electron chi connectivity index (χ2n) is 4.52. The Kier molecular flexibility index (Phi) is 7.46. The van der Waals surface area contributed by atoms with Crippen LogP contribution in [0, 0.1) is 6.92 Å². The Bertz CT molecular complexity index is 328. The van der Waals surface area contributed by atoms with Crippen LogP contribution in [0.1, 0.15) is 25.3 Å². The molecule has 0 heterocycles. The first-order valence-corrected chi connectivity index (χ1v) is 6.87. The van der Waals surface area contributed by atoms with E-state index >= 15 is 0 Å². The molecule has 102 valence electrons. The Labute approximate surface area is 111 Å². The lowest BCUT2D eigenvalue weighted by Crippen LogP contribution is -2.28. The molecule has 1 aromatic rings. The van der Waals surface area contributed by atoms with E-state index in [1.807, 2.05) is 6.92 Å². The first-order valence-electron chi connectivity index (χ1n) is 6.87. The fraction of sp³-hybridized carbons (Fsp3) is 0.600. The van der Waals surface area contributed by atoms with Gasteiger partial charge in [0.1, 0.15) is 0 Å². The molecule has 0 amide bonds. The summed E-state index contributed by atoms with van der Waals surface area (Å²) in [5, 5.41) is 0. The van der Waals surface area contributed by atoms with Crippen molar-refractivity contribution < 1.29 is 4.74 Å². The molecule has 0 spiro atoms. The Hall–Kier alpha value is -1.06. The van der Waals surface area contributed by atoms with Crippen molar-refractivity contribution in [3.05, 3.63) is 29.8 Å². The van der Waals surface area contributed by atoms with E-state index in [9.17, 15) is 0 Å². The SMILES string of the molecule is CCOCCCN(CCCN)c1cccc(C)c1. The summed E-state index contributed by atoms with van der Waals surface area (Å²) >= 11 is 0. The Morgan fingerprint density at radius 1 is 1.22 bits per heavy atom. The highest BCUT2D eigenvalue weighted by molar-refractivity contribution is 5.48. The third-order valence-corrected chi connectivity index (χ3v) is 2.92. The van der Waals surface area contributed by atoms with Gasteiger partial charge in [-0.3, -0.25) is 0 Å². The van der Waals surface area contributed by atoms with Gasteiger partial charge in [-0.1, -0.05) is 12.1 Å². The van der Waals surface area contributed by atoms with Crippen LogP contribution in [0.15, 0.2) is 24.3 Å². The monoisotopic (exact) mass is 250 g/mol. The smallest absolute Gasteiger partial charge is 0.0482 e. The number of ether oxygens (including phenoxy) is 1. The lowest BCUT2D eigenvalue weighted by atomic mass is 10.2. The predicted octanol–water partition coefficient (Wildman–Crippen LogP) is 2.58. The molecule has 0 aromatic heterocycles. The number of hydrogen-bond donors (Lipinski definition) is 1. The maximum atomic E-state index is 5.61. The molecule has 0 unspecified atom stereocenters. The minimum atomic E-state index is 0.744. The Balaban J connectivity index is 2.54. The van der Waals surface area contributed by atoms with Gasteiger partial charge in [-0.05, 0) is 50.9 Å². The second-order valence-corrected chi connectivity index (χ2v) is 4.52. The van der Waals surface area contributed by atoms with Gasteiger partial charge in [-0.2, -0.15) is 0 Å². The minimum absolute atomic E-state index is 0.744. The van der Waals surface area contributed by atoms with Crippen LogP contribution in [0.3, 0.4) is 0 Å². The van der Waals surface area contributed by atoms with Gasteiger partial charge in [0.25, 0.3) is 0 Å². The van der Waals surface area contributed by atoms with Gasteiger partial charge in [0.15, 0.2) is 0 Å². The number of nitrogens with two attached hydrogens (primary N) is 1. The van der Waals surface area contributed by atoms with E-state index in [0.29, 0.717) is 0 Å². The van der Waals surface area contributed by atoms with Crippen LogP contribution in [-0.2, 0) is 4.74 Å². The molecule has 2 N–H and O–H groups in total. The molecule has 0 saturated carbocycles. The first-order chi connectivity index (χ1) is 8.77. The summed E-state index contributed by atoms with van der Waals surface area (Å²) in [6.07, 6.45) is 2.09. The van der Waals surface area contributed by atoms with Crippen LogP contribution in [0.25, 0.3) is 0 Å². The number of anilines is 1. The second kappa shape index (κ2) is 8.95. The van der Waals surface area contributed by atoms with Crippen LogP contribution < -0.4 is 10.6 Å². The highest BCUT2D eigenvalue weighted by atomic mass is 16.5. The summed E-state index contributed by atoms with van der Waals surface area (Å²) in [4.78, 5) is 2.40. The van der Waals surface area contributed by atoms with E-state index in [4.69, 9.17) is 10.5 Å². The zero-order valence-electron chi connectivity index (χ0n) is 11.7. The topological polar surface area (TPSA) is 38.5 Å². The van der Waals surface area contributed by atoms with Crippen molar-refractivity contribution >= 4 is 5.69 Å². The van der Waals surface area contributed by atoms with E-state index in [1.165, 1.54) is 11.3 Å². The molecule has 18 heavy (non-hydrogen) atoms. The average Bonchev–Trinajstić information content (AvgIpc) is 2.38. The summed E-state index contributed by atoms with van der Waals surface area (Å²) in [5.41, 5.74) is 8.20. The fourth-order valence-corrected chi connectivity index (χ4v) is 1.98. The molecule has 3 nitrogen and oxygen atoms in total. The standard InChI is InChI=1S/C15H26N2O/c1-3-18-12-6-11-17(10-5-9-16)15-8-4-7-14(2)13-15/h4,7-8,13H,3,5-6,9-12,16H2,1-2H3. The Morgan fingerprint density at radius 3 is 2.67 bits per heavy atom. The quantitative estimate of drug-likeness (QED) is 0.685. The van der Waals surface area contributed by atoms with Crippen molar-refractivity contribution in [2.24, 2.45) is 5.73 Å². The first kappa shape index (κ1) is 15.0. The molecule has 0 aliphatic carbocycles. The molecule has 0 saturated heterocycles. The van der Waals surface area contributed by atoms with Crippen LogP contribution in [0.5, 0.6) is 0 Å². The Morgan fingerprint density at radius 2 is 2.00 bits per heavy atom. The molecular weight excluding hydrogens is 224 g/mol. The molecule has 0 atom stereocenters. The molecular formula is C15H26N2O. The molecule has 1 rings (SSSR count). The van der Waals surface area contributed by atoms with Crippen molar-refractivity contribution in [1.82, 2.24) is 0 Å². The van der Waals surface area contributed by atoms with Gasteiger partial charge in [0.05, 0.1) is 0 Å². The van der Waals surface area contributed by atoms with Gasteiger partial charge in [0.2, 0.25) is 0 Å². The van der Waals surface area contributed by atoms with E-state index in [-0.39, 0.29) is 0 Å². The predicted molar refractivity (Wildman–Crippen MR) is 78.2 cm³/mol. The van der Waals surface area contributed by atoms with Gasteiger partial charge in [-0.25, -0.2) is 0 Å². The third-order valence-electron chi connectivity index (χ3n) is 2.92. The lowest BCUT2D eigenvalue weighted by Gasteiger charge is -2.25. The highest BCUT2D eigenvalue weighted by Gasteiger charge is 2.05. The van der Waals surface area contributed by atoms with Gasteiger partial charge in [0, 0.05) is 32.0 Å². The number of hydrogen-bond acceptors (Lipinski definition) is 3. The van der Waals surface area contributed by atoms with E-state index < -0.39 is 0 Å². The summed E-state index contributed by atoms with van der Waals surface area (Å²) < 4.78 is 5.40. The maximum absolute atomic E-state index is 5.61. The largest absolute Gasteiger partial charge is 0.382 e. The average molecular weight is 250 g/mol. The molecule has 3 heteroatoms. The van der Waals surface area contributed by atoms with E-state index in [1.54, 1.807) is 0 Å². The summed E-state index contributed by atoms with van der Waals surface area (Å²) in [6, 6.07) is 8.65. The molecule has 0 aliphatic heterocycles. The van der Waals surface area contributed by atoms with Crippen LogP contribution in [-0.4, -0.2) is 32.8 Å². The molecule has 0 fully saturated rings. The normalized spacial score (nSPS) is 10.6. The van der Waals surface area contributed by atoms with Gasteiger partial charge >= 0.3 is 0 Å². The molecule has 0 radical (unpaired) electrons. The van der Waals surface area contributed by atoms with Crippen molar-refractivity contribution in [3.8, 4) is 0 Å². The number of benzene rings is 1. The third kappa shape index (κ3) is 5.52. The van der Waals surface area contributed by atoms with Crippen LogP contribution >= 0.6 is 0 Å². The number of nitrogens with zero attached hydrogens (tertiary/aromatic N) is 1. The zero-order valence-corrected chi connectivity index (χ0v) is 11.7. The van der Waals surface area contributed by atoms with Crippen molar-refractivity contribution in [3.63, 3.8) is 0 Å². The van der Waals surface area contributed by atoms with Crippen molar-refractivity contribution in [2.45, 2.75) is 26.7 Å². The van der Waals surface area contributed by atoms with Crippen molar-refractivity contribution in [2.75, 3.05) is 37.7 Å². The van der Waals surface area contributed by atoms with Crippen molar-refractivity contribution in [1.29, 1.82) is 0 Å². The van der Waals surface area contributed by atoms with E-state index in [2.05, 4.69) is 36.1 Å². The maximum Gasteiger partial charge on any atom is 0.0482 e. The molecule has 0 aliphatic rings. The molecule has 1 aromatic carbocycles. The van der Waals surface area contributed by atoms with Gasteiger partial charge < -0.3 is 15.4 Å². The minimum Gasteiger partial charge on any atom is -0.382 e. The van der Waals surface area contributed by atoms with E-state index in [0.717, 1.165) is 45.7 Å². The highest BCUT2D eigenvalue weighted by Crippen LogP contribution is 2.16. The zero-order chi connectivity index (χ0) is 13.2.